The summed E-state index contributed by atoms with van der Waals surface area (Å²) < 4.78 is 46.2. The fourth-order valence-electron chi connectivity index (χ4n) is 4.31. The van der Waals surface area contributed by atoms with Crippen LogP contribution in [0.2, 0.25) is 0 Å². The lowest BCUT2D eigenvalue weighted by atomic mass is 10.0. The van der Waals surface area contributed by atoms with Gasteiger partial charge in [-0.3, -0.25) is 25.0 Å². The van der Waals surface area contributed by atoms with Crippen LogP contribution in [0.25, 0.3) is 0 Å². The fourth-order valence-corrected chi connectivity index (χ4v) is 4.31. The third kappa shape index (κ3) is 4.43. The van der Waals surface area contributed by atoms with Gasteiger partial charge in [0.25, 0.3) is 5.91 Å². The average molecular weight is 440 g/mol. The largest absolute Gasteiger partial charge is 0.406 e. The Bertz CT molecular complexity index is 886. The number of imide groups is 1. The zero-order valence-corrected chi connectivity index (χ0v) is 16.6. The molecular weight excluding hydrogens is 417 g/mol. The molecule has 1 aromatic carbocycles. The Morgan fingerprint density at radius 2 is 2.06 bits per heavy atom. The number of carbonyl (C=O) groups is 3. The quantitative estimate of drug-likeness (QED) is 0.576. The molecule has 0 spiro atoms. The fraction of sp³-hybridized carbons (Fsp3) is 0.550. The SMILES string of the molecule is O=C1CCC(N2Cc3cccc(CNC(C4CNCCO4)C(F)(F)F)c3C2=O)C(=O)N1. The molecule has 0 aromatic heterocycles. The van der Waals surface area contributed by atoms with Gasteiger partial charge in [-0.2, -0.15) is 13.2 Å². The first-order valence-electron chi connectivity index (χ1n) is 10.1. The summed E-state index contributed by atoms with van der Waals surface area (Å²) in [6, 6.07) is 2.34. The van der Waals surface area contributed by atoms with Gasteiger partial charge in [-0.05, 0) is 17.5 Å². The Balaban J connectivity index is 1.51. The molecule has 4 rings (SSSR count). The number of benzene rings is 1. The Kier molecular flexibility index (Phi) is 6.00. The van der Waals surface area contributed by atoms with Crippen LogP contribution >= 0.6 is 0 Å². The van der Waals surface area contributed by atoms with Crippen molar-refractivity contribution >= 4 is 17.7 Å². The molecule has 0 bridgehead atoms. The van der Waals surface area contributed by atoms with Crippen molar-refractivity contribution in [3.8, 4) is 0 Å². The van der Waals surface area contributed by atoms with Crippen LogP contribution in [-0.2, 0) is 27.4 Å². The lowest BCUT2D eigenvalue weighted by molar-refractivity contribution is -0.188. The summed E-state index contributed by atoms with van der Waals surface area (Å²) in [6.07, 6.45) is -5.24. The second kappa shape index (κ2) is 8.56. The molecular formula is C20H23F3N4O4. The molecule has 3 aliphatic heterocycles. The molecule has 2 saturated heterocycles. The summed E-state index contributed by atoms with van der Waals surface area (Å²) in [5, 5.41) is 7.65. The van der Waals surface area contributed by atoms with Crippen molar-refractivity contribution in [3.63, 3.8) is 0 Å². The number of hydrogen-bond acceptors (Lipinski definition) is 6. The second-order valence-electron chi connectivity index (χ2n) is 7.86. The highest BCUT2D eigenvalue weighted by Gasteiger charge is 2.46. The molecule has 3 heterocycles. The maximum Gasteiger partial charge on any atom is 0.406 e. The zero-order valence-electron chi connectivity index (χ0n) is 16.6. The molecule has 0 saturated carbocycles. The maximum absolute atomic E-state index is 13.6. The topological polar surface area (TPSA) is 99.8 Å². The molecule has 0 aliphatic carbocycles. The highest BCUT2D eigenvalue weighted by Crippen LogP contribution is 2.31. The average Bonchev–Trinajstić information content (AvgIpc) is 3.05. The van der Waals surface area contributed by atoms with Crippen LogP contribution in [0.1, 0.15) is 34.3 Å². The van der Waals surface area contributed by atoms with Crippen LogP contribution < -0.4 is 16.0 Å². The number of hydrogen-bond donors (Lipinski definition) is 3. The van der Waals surface area contributed by atoms with E-state index in [1.807, 2.05) is 0 Å². The van der Waals surface area contributed by atoms with E-state index >= 15 is 0 Å². The van der Waals surface area contributed by atoms with E-state index in [1.54, 1.807) is 18.2 Å². The molecule has 3 atom stereocenters. The molecule has 3 amide bonds. The van der Waals surface area contributed by atoms with Crippen molar-refractivity contribution in [2.45, 2.75) is 50.3 Å². The van der Waals surface area contributed by atoms with Crippen molar-refractivity contribution in [1.29, 1.82) is 0 Å². The van der Waals surface area contributed by atoms with Crippen molar-refractivity contribution in [3.05, 3.63) is 34.9 Å². The van der Waals surface area contributed by atoms with E-state index < -0.39 is 36.2 Å². The number of piperidine rings is 1. The molecule has 3 aliphatic rings. The molecule has 1 aromatic rings. The highest BCUT2D eigenvalue weighted by atomic mass is 19.4. The summed E-state index contributed by atoms with van der Waals surface area (Å²) in [7, 11) is 0. The first-order valence-corrected chi connectivity index (χ1v) is 10.1. The second-order valence-corrected chi connectivity index (χ2v) is 7.86. The predicted octanol–water partition coefficient (Wildman–Crippen LogP) is 0.457. The first-order chi connectivity index (χ1) is 14.8. The number of morpholine rings is 1. The van der Waals surface area contributed by atoms with E-state index in [2.05, 4.69) is 16.0 Å². The van der Waals surface area contributed by atoms with Gasteiger partial charge in [-0.25, -0.2) is 0 Å². The summed E-state index contributed by atoms with van der Waals surface area (Å²) in [6.45, 7) is 0.762. The number of nitrogens with one attached hydrogen (secondary N) is 3. The number of fused-ring (bicyclic) bond motifs is 1. The number of alkyl halides is 3. The maximum atomic E-state index is 13.6. The molecule has 3 unspecified atom stereocenters. The number of ether oxygens (including phenoxy) is 1. The molecule has 168 valence electrons. The monoisotopic (exact) mass is 440 g/mol. The van der Waals surface area contributed by atoms with Crippen LogP contribution in [-0.4, -0.2) is 66.7 Å². The van der Waals surface area contributed by atoms with E-state index in [0.717, 1.165) is 0 Å². The molecule has 3 N–H and O–H groups in total. The van der Waals surface area contributed by atoms with Gasteiger partial charge in [-0.1, -0.05) is 18.2 Å². The highest BCUT2D eigenvalue weighted by molar-refractivity contribution is 6.05. The normalized spacial score (nSPS) is 25.4. The third-order valence-corrected chi connectivity index (χ3v) is 5.83. The summed E-state index contributed by atoms with van der Waals surface area (Å²) >= 11 is 0. The number of rotatable bonds is 5. The Hall–Kier alpha value is -2.50. The van der Waals surface area contributed by atoms with Gasteiger partial charge in [0.2, 0.25) is 11.8 Å². The number of carbonyl (C=O) groups excluding carboxylic acids is 3. The first kappa shape index (κ1) is 21.7. The minimum Gasteiger partial charge on any atom is -0.374 e. The molecule has 0 radical (unpaired) electrons. The summed E-state index contributed by atoms with van der Waals surface area (Å²) in [5.41, 5.74) is 1.38. The van der Waals surface area contributed by atoms with Gasteiger partial charge in [0.15, 0.2) is 0 Å². The smallest absolute Gasteiger partial charge is 0.374 e. The lowest BCUT2D eigenvalue weighted by Gasteiger charge is -2.33. The number of nitrogens with zero attached hydrogens (tertiary/aromatic N) is 1. The van der Waals surface area contributed by atoms with Crippen molar-refractivity contribution < 1.29 is 32.3 Å². The third-order valence-electron chi connectivity index (χ3n) is 5.83. The Morgan fingerprint density at radius 3 is 2.74 bits per heavy atom. The molecule has 2 fully saturated rings. The molecule has 8 nitrogen and oxygen atoms in total. The Labute approximate surface area is 176 Å². The Morgan fingerprint density at radius 1 is 1.26 bits per heavy atom. The molecule has 31 heavy (non-hydrogen) atoms. The standard InChI is InChI=1S/C20H23F3N4O4/c21-20(22,23)17(14-9-24-6-7-31-14)25-8-11-2-1-3-12-10-27(19(30)16(11)12)13-4-5-15(28)26-18(13)29/h1-3,13-14,17,24-25H,4-10H2,(H,26,28,29). The van der Waals surface area contributed by atoms with E-state index in [1.165, 1.54) is 4.90 Å². The summed E-state index contributed by atoms with van der Waals surface area (Å²) in [4.78, 5) is 38.0. The van der Waals surface area contributed by atoms with Gasteiger partial charge in [0, 0.05) is 38.2 Å². The van der Waals surface area contributed by atoms with Crippen LogP contribution in [0.5, 0.6) is 0 Å². The van der Waals surface area contributed by atoms with E-state index in [-0.39, 0.29) is 45.0 Å². The zero-order chi connectivity index (χ0) is 22.2. The van der Waals surface area contributed by atoms with E-state index in [9.17, 15) is 27.6 Å². The van der Waals surface area contributed by atoms with Crippen molar-refractivity contribution in [1.82, 2.24) is 20.9 Å². The van der Waals surface area contributed by atoms with Crippen molar-refractivity contribution in [2.75, 3.05) is 19.7 Å². The van der Waals surface area contributed by atoms with Crippen molar-refractivity contribution in [2.24, 2.45) is 0 Å². The van der Waals surface area contributed by atoms with Gasteiger partial charge < -0.3 is 15.0 Å². The van der Waals surface area contributed by atoms with Gasteiger partial charge >= 0.3 is 6.18 Å². The van der Waals surface area contributed by atoms with Crippen LogP contribution in [0.4, 0.5) is 13.2 Å². The number of halogens is 3. The predicted molar refractivity (Wildman–Crippen MR) is 102 cm³/mol. The summed E-state index contributed by atoms with van der Waals surface area (Å²) in [5.74, 6) is -1.33. The van der Waals surface area contributed by atoms with Crippen LogP contribution in [0, 0.1) is 0 Å². The lowest BCUT2D eigenvalue weighted by Crippen LogP contribution is -2.57. The van der Waals surface area contributed by atoms with Crippen LogP contribution in [0.3, 0.4) is 0 Å². The van der Waals surface area contributed by atoms with Gasteiger partial charge in [0.1, 0.15) is 12.1 Å². The van der Waals surface area contributed by atoms with Crippen LogP contribution in [0.15, 0.2) is 18.2 Å². The molecule has 11 heteroatoms. The minimum absolute atomic E-state index is 0.0757. The van der Waals surface area contributed by atoms with E-state index in [4.69, 9.17) is 4.74 Å². The van der Waals surface area contributed by atoms with E-state index in [0.29, 0.717) is 23.2 Å². The number of amides is 3. The minimum atomic E-state index is -4.52. The van der Waals surface area contributed by atoms with Gasteiger partial charge in [0.05, 0.1) is 12.7 Å². The van der Waals surface area contributed by atoms with Gasteiger partial charge in [-0.15, -0.1) is 0 Å².